The van der Waals surface area contributed by atoms with Gasteiger partial charge in [-0.25, -0.2) is 0 Å². The lowest BCUT2D eigenvalue weighted by molar-refractivity contribution is 0.0950. The smallest absolute Gasteiger partial charge is 0.263 e. The summed E-state index contributed by atoms with van der Waals surface area (Å²) in [4.78, 5) is 37.7. The third-order valence-corrected chi connectivity index (χ3v) is 5.50. The molecule has 0 spiro atoms. The summed E-state index contributed by atoms with van der Waals surface area (Å²) in [6.07, 6.45) is 2.26. The molecule has 1 aliphatic heterocycles. The number of ether oxygens (including phenoxy) is 2. The minimum Gasteiger partial charge on any atom is -0.454 e. The van der Waals surface area contributed by atoms with Gasteiger partial charge in [0, 0.05) is 31.0 Å². The summed E-state index contributed by atoms with van der Waals surface area (Å²) in [5, 5.41) is 2.81. The Kier molecular flexibility index (Phi) is 6.11. The number of fused-ring (bicyclic) bond motifs is 1. The van der Waals surface area contributed by atoms with E-state index in [0.717, 1.165) is 11.3 Å². The molecule has 0 unspecified atom stereocenters. The fourth-order valence-electron chi connectivity index (χ4n) is 3.74. The molecule has 0 saturated heterocycles. The number of carbonyl (C=O) groups is 1. The fourth-order valence-corrected chi connectivity index (χ4v) is 3.74. The van der Waals surface area contributed by atoms with Gasteiger partial charge in [-0.15, -0.1) is 0 Å². The Morgan fingerprint density at radius 2 is 1.88 bits per heavy atom. The first kappa shape index (κ1) is 21.4. The monoisotopic (exact) mass is 435 g/mol. The molecule has 0 aliphatic carbocycles. The van der Waals surface area contributed by atoms with Crippen LogP contribution in [0.4, 0.5) is 0 Å². The highest BCUT2D eigenvalue weighted by atomic mass is 16.7. The van der Waals surface area contributed by atoms with Gasteiger partial charge in [0.1, 0.15) is 5.56 Å². The SMILES string of the molecule is Cc1ccn(Cc2ccc3c(c2)OCO3)c(=O)c1C(=O)NCCCn1c(C)cccc1=O. The number of hydrogen-bond acceptors (Lipinski definition) is 5. The number of rotatable bonds is 7. The van der Waals surface area contributed by atoms with E-state index >= 15 is 0 Å². The summed E-state index contributed by atoms with van der Waals surface area (Å²) in [6.45, 7) is 4.96. The molecule has 1 aliphatic rings. The maximum absolute atomic E-state index is 13.0. The number of amides is 1. The lowest BCUT2D eigenvalue weighted by Gasteiger charge is -2.12. The second-order valence-electron chi connectivity index (χ2n) is 7.76. The van der Waals surface area contributed by atoms with Gasteiger partial charge in [-0.3, -0.25) is 14.4 Å². The van der Waals surface area contributed by atoms with E-state index in [0.29, 0.717) is 43.1 Å². The molecule has 0 radical (unpaired) electrons. The van der Waals surface area contributed by atoms with Gasteiger partial charge in [0.25, 0.3) is 17.0 Å². The Balaban J connectivity index is 1.43. The summed E-state index contributed by atoms with van der Waals surface area (Å²) in [7, 11) is 0. The van der Waals surface area contributed by atoms with Crippen molar-refractivity contribution in [2.75, 3.05) is 13.3 Å². The van der Waals surface area contributed by atoms with Crippen molar-refractivity contribution in [1.29, 1.82) is 0 Å². The third-order valence-electron chi connectivity index (χ3n) is 5.50. The van der Waals surface area contributed by atoms with Gasteiger partial charge in [-0.05, 0) is 55.7 Å². The number of aromatic nitrogens is 2. The number of nitrogens with zero attached hydrogens (tertiary/aromatic N) is 2. The van der Waals surface area contributed by atoms with Gasteiger partial charge in [0.05, 0.1) is 6.54 Å². The molecule has 4 rings (SSSR count). The Morgan fingerprint density at radius 3 is 2.69 bits per heavy atom. The van der Waals surface area contributed by atoms with Crippen LogP contribution in [0.25, 0.3) is 0 Å². The summed E-state index contributed by atoms with van der Waals surface area (Å²) in [5.74, 6) is 0.913. The molecule has 8 heteroatoms. The van der Waals surface area contributed by atoms with Crippen LogP contribution < -0.4 is 25.9 Å². The van der Waals surface area contributed by atoms with Crippen LogP contribution in [-0.2, 0) is 13.1 Å². The third kappa shape index (κ3) is 4.44. The van der Waals surface area contributed by atoms with Gasteiger partial charge >= 0.3 is 0 Å². The zero-order chi connectivity index (χ0) is 22.7. The molecule has 0 bridgehead atoms. The molecule has 32 heavy (non-hydrogen) atoms. The lowest BCUT2D eigenvalue weighted by atomic mass is 10.1. The minimum absolute atomic E-state index is 0.0679. The summed E-state index contributed by atoms with van der Waals surface area (Å²) in [5.41, 5.74) is 2.06. The van der Waals surface area contributed by atoms with Crippen molar-refractivity contribution in [3.05, 3.63) is 91.8 Å². The van der Waals surface area contributed by atoms with Gasteiger partial charge in [-0.2, -0.15) is 0 Å². The summed E-state index contributed by atoms with van der Waals surface area (Å²) in [6, 6.07) is 12.4. The molecule has 1 N–H and O–H groups in total. The maximum atomic E-state index is 13.0. The largest absolute Gasteiger partial charge is 0.454 e. The van der Waals surface area contributed by atoms with Crippen LogP contribution in [0.15, 0.2) is 58.3 Å². The van der Waals surface area contributed by atoms with Crippen LogP contribution in [0.3, 0.4) is 0 Å². The average molecular weight is 435 g/mol. The van der Waals surface area contributed by atoms with Crippen molar-refractivity contribution in [1.82, 2.24) is 14.5 Å². The summed E-state index contributed by atoms with van der Waals surface area (Å²) >= 11 is 0. The molecule has 0 saturated carbocycles. The second-order valence-corrected chi connectivity index (χ2v) is 7.76. The van der Waals surface area contributed by atoms with Crippen molar-refractivity contribution in [3.8, 4) is 11.5 Å². The average Bonchev–Trinajstić information content (AvgIpc) is 3.23. The minimum atomic E-state index is -0.412. The highest BCUT2D eigenvalue weighted by Gasteiger charge is 2.17. The number of nitrogens with one attached hydrogen (secondary N) is 1. The van der Waals surface area contributed by atoms with Crippen molar-refractivity contribution in [2.24, 2.45) is 0 Å². The second kappa shape index (κ2) is 9.13. The molecule has 8 nitrogen and oxygen atoms in total. The van der Waals surface area contributed by atoms with E-state index in [1.807, 2.05) is 31.2 Å². The predicted molar refractivity (Wildman–Crippen MR) is 119 cm³/mol. The molecular formula is C24H25N3O5. The van der Waals surface area contributed by atoms with Gasteiger partial charge in [0.15, 0.2) is 11.5 Å². The first-order valence-corrected chi connectivity index (χ1v) is 10.5. The molecule has 0 atom stereocenters. The Bertz CT molecular complexity index is 1280. The van der Waals surface area contributed by atoms with Crippen molar-refractivity contribution in [2.45, 2.75) is 33.4 Å². The molecule has 1 aromatic carbocycles. The number of carbonyl (C=O) groups excluding carboxylic acids is 1. The number of pyridine rings is 2. The van der Waals surface area contributed by atoms with E-state index in [9.17, 15) is 14.4 Å². The van der Waals surface area contributed by atoms with Gasteiger partial charge in [0.2, 0.25) is 6.79 Å². The topological polar surface area (TPSA) is 91.6 Å². The molecule has 2 aromatic heterocycles. The van der Waals surface area contributed by atoms with Crippen molar-refractivity contribution >= 4 is 5.91 Å². The van der Waals surface area contributed by atoms with Crippen LogP contribution in [0.2, 0.25) is 0 Å². The number of benzene rings is 1. The van der Waals surface area contributed by atoms with E-state index in [1.165, 1.54) is 10.6 Å². The molecule has 1 amide bonds. The number of hydrogen-bond donors (Lipinski definition) is 1. The molecular weight excluding hydrogens is 410 g/mol. The van der Waals surface area contributed by atoms with Crippen LogP contribution in [0.1, 0.15) is 33.6 Å². The normalized spacial score (nSPS) is 12.1. The van der Waals surface area contributed by atoms with Crippen molar-refractivity contribution in [3.63, 3.8) is 0 Å². The maximum Gasteiger partial charge on any atom is 0.263 e. The van der Waals surface area contributed by atoms with Crippen LogP contribution in [-0.4, -0.2) is 28.4 Å². The van der Waals surface area contributed by atoms with E-state index in [4.69, 9.17) is 9.47 Å². The van der Waals surface area contributed by atoms with Crippen LogP contribution >= 0.6 is 0 Å². The first-order valence-electron chi connectivity index (χ1n) is 10.5. The lowest BCUT2D eigenvalue weighted by Crippen LogP contribution is -2.35. The zero-order valence-electron chi connectivity index (χ0n) is 18.1. The number of aryl methyl sites for hydroxylation is 2. The van der Waals surface area contributed by atoms with Gasteiger partial charge < -0.3 is 23.9 Å². The molecule has 0 fully saturated rings. The molecule has 3 heterocycles. The Morgan fingerprint density at radius 1 is 1.06 bits per heavy atom. The predicted octanol–water partition coefficient (Wildman–Crippen LogP) is 2.22. The van der Waals surface area contributed by atoms with E-state index < -0.39 is 5.91 Å². The fraction of sp³-hybridized carbons (Fsp3) is 0.292. The van der Waals surface area contributed by atoms with Gasteiger partial charge in [-0.1, -0.05) is 12.1 Å². The Hall–Kier alpha value is -3.81. The van der Waals surface area contributed by atoms with Crippen LogP contribution in [0.5, 0.6) is 11.5 Å². The standard InChI is InChI=1S/C24H25N3O5/c1-16-9-12-26(14-18-7-8-19-20(13-18)32-15-31-19)24(30)22(16)23(29)25-10-4-11-27-17(2)5-3-6-21(27)28/h3,5-9,12-13H,4,10-11,14-15H2,1-2H3,(H,25,29). The van der Waals surface area contributed by atoms with E-state index in [1.54, 1.807) is 29.8 Å². The van der Waals surface area contributed by atoms with E-state index in [-0.39, 0.29) is 23.5 Å². The first-order chi connectivity index (χ1) is 15.4. The van der Waals surface area contributed by atoms with Crippen LogP contribution in [0, 0.1) is 13.8 Å². The molecule has 166 valence electrons. The zero-order valence-corrected chi connectivity index (χ0v) is 18.1. The molecule has 3 aromatic rings. The highest BCUT2D eigenvalue weighted by Crippen LogP contribution is 2.32. The highest BCUT2D eigenvalue weighted by molar-refractivity contribution is 5.95. The van der Waals surface area contributed by atoms with E-state index in [2.05, 4.69) is 5.32 Å². The summed E-state index contributed by atoms with van der Waals surface area (Å²) < 4.78 is 13.9. The Labute approximate surface area is 185 Å². The van der Waals surface area contributed by atoms with Crippen molar-refractivity contribution < 1.29 is 14.3 Å². The quantitative estimate of drug-likeness (QED) is 0.575.